The molecule has 0 bridgehead atoms. The molecule has 6 heteroatoms. The van der Waals surface area contributed by atoms with E-state index in [0.29, 0.717) is 5.75 Å². The summed E-state index contributed by atoms with van der Waals surface area (Å²) in [6.07, 6.45) is 0. The molecule has 12 heavy (non-hydrogen) atoms. The summed E-state index contributed by atoms with van der Waals surface area (Å²) in [5.74, 6) is 0.256. The first-order chi connectivity index (χ1) is 5.31. The predicted molar refractivity (Wildman–Crippen MR) is 52.3 cm³/mol. The number of rotatable bonds is 2. The Morgan fingerprint density at radius 1 is 1.58 bits per heavy atom. The molecule has 5 nitrogen and oxygen atoms in total. The van der Waals surface area contributed by atoms with E-state index in [1.54, 1.807) is 13.8 Å². The molecule has 0 aromatic rings. The lowest BCUT2D eigenvalue weighted by Gasteiger charge is -2.14. The van der Waals surface area contributed by atoms with Gasteiger partial charge < -0.3 is 16.6 Å². The van der Waals surface area contributed by atoms with Gasteiger partial charge in [0, 0.05) is 5.75 Å². The van der Waals surface area contributed by atoms with E-state index in [1.807, 2.05) is 0 Å². The van der Waals surface area contributed by atoms with Gasteiger partial charge in [-0.2, -0.15) is 4.99 Å². The van der Waals surface area contributed by atoms with Crippen molar-refractivity contribution in [2.75, 3.05) is 5.75 Å². The fourth-order valence-electron chi connectivity index (χ4n) is 0.395. The third kappa shape index (κ3) is 7.36. The number of hydrogen-bond acceptors (Lipinski definition) is 3. The lowest BCUT2D eigenvalue weighted by molar-refractivity contribution is 0.107. The largest absolute Gasteiger partial charge is 0.390 e. The molecule has 0 amide bonds. The van der Waals surface area contributed by atoms with Crippen LogP contribution in [0.3, 0.4) is 0 Å². The maximum absolute atomic E-state index is 9.27. The normalized spacial score (nSPS) is 10.9. The lowest BCUT2D eigenvalue weighted by Crippen LogP contribution is -2.25. The first kappa shape index (κ1) is 11.2. The Labute approximate surface area is 75.7 Å². The summed E-state index contributed by atoms with van der Waals surface area (Å²) < 4.78 is 0. The van der Waals surface area contributed by atoms with Crippen LogP contribution < -0.4 is 11.5 Å². The van der Waals surface area contributed by atoms with Crippen molar-refractivity contribution in [1.82, 2.24) is 0 Å². The van der Waals surface area contributed by atoms with Crippen LogP contribution in [0.5, 0.6) is 0 Å². The zero-order valence-electron chi connectivity index (χ0n) is 7.16. The Morgan fingerprint density at radius 3 is 2.42 bits per heavy atom. The first-order valence-electron chi connectivity index (χ1n) is 3.34. The molecule has 0 aliphatic rings. The van der Waals surface area contributed by atoms with Crippen LogP contribution in [0.15, 0.2) is 4.99 Å². The van der Waals surface area contributed by atoms with Crippen LogP contribution in [0.25, 0.3) is 0 Å². The van der Waals surface area contributed by atoms with E-state index in [9.17, 15) is 5.11 Å². The van der Waals surface area contributed by atoms with Gasteiger partial charge in [-0.25, -0.2) is 0 Å². The molecular weight excluding hydrogens is 176 g/mol. The monoisotopic (exact) mass is 190 g/mol. The fourth-order valence-corrected chi connectivity index (χ4v) is 1.05. The molecule has 0 aromatic heterocycles. The first-order valence-corrected chi connectivity index (χ1v) is 4.33. The zero-order valence-corrected chi connectivity index (χ0v) is 7.98. The smallest absolute Gasteiger partial charge is 0.193 e. The van der Waals surface area contributed by atoms with Gasteiger partial charge in [-0.05, 0) is 13.8 Å². The number of amidine groups is 1. The van der Waals surface area contributed by atoms with Gasteiger partial charge in [0.1, 0.15) is 0 Å². The van der Waals surface area contributed by atoms with Gasteiger partial charge in [-0.15, -0.1) is 0 Å². The van der Waals surface area contributed by atoms with Crippen molar-refractivity contribution in [3.63, 3.8) is 0 Å². The van der Waals surface area contributed by atoms with Gasteiger partial charge in [0.2, 0.25) is 0 Å². The summed E-state index contributed by atoms with van der Waals surface area (Å²) in [5.41, 5.74) is 9.28. The standard InChI is InChI=1S/C6H14N4OS/c1-6(2,11)3-12-5(9)10-4(7)8/h11H,3H2,1-2H3,(H5,7,8,9,10). The number of hydrogen-bond donors (Lipinski definition) is 4. The lowest BCUT2D eigenvalue weighted by atomic mass is 10.2. The van der Waals surface area contributed by atoms with Gasteiger partial charge in [0.05, 0.1) is 5.60 Å². The van der Waals surface area contributed by atoms with Crippen molar-refractivity contribution in [1.29, 1.82) is 5.41 Å². The predicted octanol–water partition coefficient (Wildman–Crippen LogP) is -0.301. The van der Waals surface area contributed by atoms with Gasteiger partial charge in [0.15, 0.2) is 11.1 Å². The third-order valence-electron chi connectivity index (χ3n) is 0.793. The number of nitrogens with one attached hydrogen (secondary N) is 1. The molecule has 0 radical (unpaired) electrons. The molecule has 0 saturated carbocycles. The molecule has 0 fully saturated rings. The quantitative estimate of drug-likeness (QED) is 0.354. The second-order valence-electron chi connectivity index (χ2n) is 2.94. The minimum absolute atomic E-state index is 0.0112. The number of aliphatic imine (C=N–C) groups is 1. The van der Waals surface area contributed by atoms with E-state index in [-0.39, 0.29) is 11.1 Å². The highest BCUT2D eigenvalue weighted by Crippen LogP contribution is 2.13. The van der Waals surface area contributed by atoms with E-state index < -0.39 is 5.60 Å². The van der Waals surface area contributed by atoms with Gasteiger partial charge >= 0.3 is 0 Å². The van der Waals surface area contributed by atoms with Crippen LogP contribution >= 0.6 is 11.8 Å². The summed E-state index contributed by atoms with van der Waals surface area (Å²) in [6, 6.07) is 0. The molecule has 0 atom stereocenters. The molecule has 0 spiro atoms. The van der Waals surface area contributed by atoms with Crippen LogP contribution in [0.1, 0.15) is 13.8 Å². The average Bonchev–Trinajstić information content (AvgIpc) is 1.80. The molecule has 0 rings (SSSR count). The molecule has 0 aliphatic heterocycles. The zero-order chi connectivity index (χ0) is 9.78. The van der Waals surface area contributed by atoms with E-state index in [2.05, 4.69) is 4.99 Å². The maximum atomic E-state index is 9.27. The van der Waals surface area contributed by atoms with E-state index >= 15 is 0 Å². The second kappa shape index (κ2) is 4.32. The molecule has 0 unspecified atom stereocenters. The minimum atomic E-state index is -0.810. The van der Waals surface area contributed by atoms with Crippen LogP contribution in [-0.2, 0) is 0 Å². The van der Waals surface area contributed by atoms with Crippen molar-refractivity contribution < 1.29 is 5.11 Å². The molecule has 0 aliphatic carbocycles. The number of nitrogens with two attached hydrogens (primary N) is 2. The molecular formula is C6H14N4OS. The molecule has 6 N–H and O–H groups in total. The van der Waals surface area contributed by atoms with Crippen LogP contribution in [0, 0.1) is 5.41 Å². The highest BCUT2D eigenvalue weighted by atomic mass is 32.2. The van der Waals surface area contributed by atoms with Crippen molar-refractivity contribution in [3.8, 4) is 0 Å². The number of aliphatic hydroxyl groups is 1. The Balaban J connectivity index is 3.81. The Hall–Kier alpha value is -0.750. The van der Waals surface area contributed by atoms with Gasteiger partial charge in [0.25, 0.3) is 0 Å². The number of guanidine groups is 1. The highest BCUT2D eigenvalue weighted by molar-refractivity contribution is 8.13. The molecule has 70 valence electrons. The molecule has 0 saturated heterocycles. The number of nitrogens with zero attached hydrogens (tertiary/aromatic N) is 1. The van der Waals surface area contributed by atoms with Crippen molar-refractivity contribution >= 4 is 22.9 Å². The van der Waals surface area contributed by atoms with E-state index in [0.717, 1.165) is 11.8 Å². The van der Waals surface area contributed by atoms with Crippen LogP contribution in [0.2, 0.25) is 0 Å². The van der Waals surface area contributed by atoms with Gasteiger partial charge in [-0.1, -0.05) is 11.8 Å². The molecule has 0 aromatic carbocycles. The molecule has 0 heterocycles. The second-order valence-corrected chi connectivity index (χ2v) is 3.91. The highest BCUT2D eigenvalue weighted by Gasteiger charge is 2.13. The average molecular weight is 190 g/mol. The van der Waals surface area contributed by atoms with Gasteiger partial charge in [-0.3, -0.25) is 5.41 Å². The summed E-state index contributed by atoms with van der Waals surface area (Å²) in [6.45, 7) is 3.31. The van der Waals surface area contributed by atoms with Crippen molar-refractivity contribution in [2.24, 2.45) is 16.5 Å². The Kier molecular flexibility index (Phi) is 4.05. The maximum Gasteiger partial charge on any atom is 0.193 e. The summed E-state index contributed by atoms with van der Waals surface area (Å²) in [5, 5.41) is 16.5. The fraction of sp³-hybridized carbons (Fsp3) is 0.667. The minimum Gasteiger partial charge on any atom is -0.390 e. The topological polar surface area (TPSA) is 108 Å². The Morgan fingerprint density at radius 2 is 2.08 bits per heavy atom. The van der Waals surface area contributed by atoms with E-state index in [1.165, 1.54) is 0 Å². The summed E-state index contributed by atoms with van der Waals surface area (Å²) >= 11 is 1.10. The summed E-state index contributed by atoms with van der Waals surface area (Å²) in [4.78, 5) is 3.49. The van der Waals surface area contributed by atoms with Crippen LogP contribution in [0.4, 0.5) is 0 Å². The number of thioether (sulfide) groups is 1. The summed E-state index contributed by atoms with van der Waals surface area (Å²) in [7, 11) is 0. The third-order valence-corrected chi connectivity index (χ3v) is 2.01. The van der Waals surface area contributed by atoms with Crippen LogP contribution in [-0.4, -0.2) is 27.6 Å². The van der Waals surface area contributed by atoms with E-state index in [4.69, 9.17) is 16.9 Å². The van der Waals surface area contributed by atoms with Crippen molar-refractivity contribution in [2.45, 2.75) is 19.4 Å². The van der Waals surface area contributed by atoms with Crippen molar-refractivity contribution in [3.05, 3.63) is 0 Å². The SMILES string of the molecule is CC(C)(O)CSC(=N)N=C(N)N. The Bertz CT molecular complexity index is 192.